The maximum absolute atomic E-state index is 13.9. The average Bonchev–Trinajstić information content (AvgIpc) is 2.84. The summed E-state index contributed by atoms with van der Waals surface area (Å²) in [5, 5.41) is 2.75. The zero-order chi connectivity index (χ0) is 22.8. The van der Waals surface area contributed by atoms with Gasteiger partial charge in [0, 0.05) is 30.8 Å². The number of pyridine rings is 1. The van der Waals surface area contributed by atoms with Crippen LogP contribution in [0.2, 0.25) is 0 Å². The molecule has 1 N–H and O–H groups in total. The molecule has 1 fully saturated rings. The molecular formula is C26H24FN3O3. The van der Waals surface area contributed by atoms with E-state index in [4.69, 9.17) is 4.74 Å². The van der Waals surface area contributed by atoms with E-state index in [1.54, 1.807) is 18.2 Å². The number of benzene rings is 2. The van der Waals surface area contributed by atoms with Gasteiger partial charge in [-0.3, -0.25) is 9.59 Å². The molecule has 3 aromatic rings. The number of carbonyl (C=O) groups is 2. The highest BCUT2D eigenvalue weighted by molar-refractivity contribution is 5.99. The first-order valence-corrected chi connectivity index (χ1v) is 11.1. The molecule has 2 aliphatic heterocycles. The van der Waals surface area contributed by atoms with Crippen LogP contribution in [0.5, 0.6) is 5.75 Å². The Labute approximate surface area is 191 Å². The first-order chi connectivity index (χ1) is 16.1. The maximum atomic E-state index is 13.9. The Morgan fingerprint density at radius 2 is 1.85 bits per heavy atom. The Hall–Kier alpha value is -3.74. The lowest BCUT2D eigenvalue weighted by Gasteiger charge is -2.36. The number of halogens is 1. The molecule has 7 heteroatoms. The maximum Gasteiger partial charge on any atom is 0.262 e. The van der Waals surface area contributed by atoms with Gasteiger partial charge in [0.2, 0.25) is 5.95 Å². The van der Waals surface area contributed by atoms with Crippen LogP contribution in [0.4, 0.5) is 10.1 Å². The van der Waals surface area contributed by atoms with Crippen molar-refractivity contribution in [3.05, 3.63) is 89.5 Å². The average molecular weight is 445 g/mol. The quantitative estimate of drug-likeness (QED) is 0.610. The number of aromatic nitrogens is 1. The molecule has 168 valence electrons. The Balaban J connectivity index is 1.32. The van der Waals surface area contributed by atoms with E-state index in [9.17, 15) is 14.0 Å². The van der Waals surface area contributed by atoms with Crippen molar-refractivity contribution >= 4 is 17.5 Å². The molecule has 0 aliphatic carbocycles. The molecule has 0 bridgehead atoms. The summed E-state index contributed by atoms with van der Waals surface area (Å²) in [5.74, 6) is 0.103. The Bertz CT molecular complexity index is 1180. The minimum Gasteiger partial charge on any atom is -0.482 e. The predicted octanol–water partition coefficient (Wildman–Crippen LogP) is 4.24. The Morgan fingerprint density at radius 1 is 1.06 bits per heavy atom. The number of nitrogens with zero attached hydrogens (tertiary/aromatic N) is 2. The fourth-order valence-corrected chi connectivity index (χ4v) is 4.84. The molecule has 2 aliphatic rings. The molecule has 2 aromatic carbocycles. The van der Waals surface area contributed by atoms with Crippen molar-refractivity contribution in [1.82, 2.24) is 9.88 Å². The SMILES string of the molecule is O=C1COc2ccc(C(=O)N3CCC([C@H](c4ccccc4)c4ccnc(F)c4)CC3)cc2N1. The van der Waals surface area contributed by atoms with Crippen molar-refractivity contribution in [2.24, 2.45) is 5.92 Å². The van der Waals surface area contributed by atoms with Crippen LogP contribution in [0.1, 0.15) is 40.2 Å². The third-order valence-corrected chi connectivity index (χ3v) is 6.43. The Morgan fingerprint density at radius 3 is 2.61 bits per heavy atom. The molecule has 0 radical (unpaired) electrons. The largest absolute Gasteiger partial charge is 0.482 e. The summed E-state index contributed by atoms with van der Waals surface area (Å²) in [4.78, 5) is 30.3. The van der Waals surface area contributed by atoms with Crippen LogP contribution in [-0.4, -0.2) is 41.4 Å². The number of hydrogen-bond donors (Lipinski definition) is 1. The monoisotopic (exact) mass is 445 g/mol. The third kappa shape index (κ3) is 4.44. The summed E-state index contributed by atoms with van der Waals surface area (Å²) >= 11 is 0. The Kier molecular flexibility index (Phi) is 5.77. The van der Waals surface area contributed by atoms with Crippen LogP contribution in [0, 0.1) is 11.9 Å². The highest BCUT2D eigenvalue weighted by Gasteiger charge is 2.31. The van der Waals surface area contributed by atoms with Crippen LogP contribution in [0.25, 0.3) is 0 Å². The number of hydrogen-bond acceptors (Lipinski definition) is 4. The first kappa shape index (κ1) is 21.1. The van der Waals surface area contributed by atoms with Crippen LogP contribution in [0.3, 0.4) is 0 Å². The lowest BCUT2D eigenvalue weighted by molar-refractivity contribution is -0.118. The molecule has 2 amide bonds. The summed E-state index contributed by atoms with van der Waals surface area (Å²) in [6.07, 6.45) is 3.12. The highest BCUT2D eigenvalue weighted by atomic mass is 19.1. The fourth-order valence-electron chi connectivity index (χ4n) is 4.84. The number of anilines is 1. The number of piperidine rings is 1. The van der Waals surface area contributed by atoms with E-state index in [1.807, 2.05) is 29.2 Å². The molecule has 6 nitrogen and oxygen atoms in total. The second-order valence-electron chi connectivity index (χ2n) is 8.48. The number of nitrogens with one attached hydrogen (secondary N) is 1. The number of carbonyl (C=O) groups excluding carboxylic acids is 2. The van der Waals surface area contributed by atoms with Gasteiger partial charge in [-0.1, -0.05) is 30.3 Å². The zero-order valence-electron chi connectivity index (χ0n) is 18.0. The standard InChI is InChI=1S/C26H24FN3O3/c27-23-15-19(8-11-28-23)25(17-4-2-1-3-5-17)18-9-12-30(13-10-18)26(32)20-6-7-22-21(14-20)29-24(31)16-33-22/h1-8,11,14-15,18,25H,9-10,12-13,16H2,(H,29,31)/t25-/m0/s1. The summed E-state index contributed by atoms with van der Waals surface area (Å²) in [5.41, 5.74) is 3.09. The van der Waals surface area contributed by atoms with Gasteiger partial charge in [-0.25, -0.2) is 4.98 Å². The first-order valence-electron chi connectivity index (χ1n) is 11.1. The van der Waals surface area contributed by atoms with Crippen LogP contribution in [-0.2, 0) is 4.79 Å². The zero-order valence-corrected chi connectivity index (χ0v) is 18.0. The molecule has 0 spiro atoms. The summed E-state index contributed by atoms with van der Waals surface area (Å²) in [6.45, 7) is 1.21. The number of fused-ring (bicyclic) bond motifs is 1. The van der Waals surface area contributed by atoms with Gasteiger partial charge in [-0.05, 0) is 60.2 Å². The van der Waals surface area contributed by atoms with Crippen molar-refractivity contribution < 1.29 is 18.7 Å². The second-order valence-corrected chi connectivity index (χ2v) is 8.48. The van der Waals surface area contributed by atoms with Gasteiger partial charge in [0.05, 0.1) is 5.69 Å². The molecular weight excluding hydrogens is 421 g/mol. The van der Waals surface area contributed by atoms with E-state index < -0.39 is 5.95 Å². The molecule has 1 atom stereocenters. The van der Waals surface area contributed by atoms with Crippen molar-refractivity contribution in [3.8, 4) is 5.75 Å². The molecule has 5 rings (SSSR count). The van der Waals surface area contributed by atoms with E-state index in [2.05, 4.69) is 22.4 Å². The smallest absolute Gasteiger partial charge is 0.262 e. The van der Waals surface area contributed by atoms with E-state index in [-0.39, 0.29) is 30.3 Å². The van der Waals surface area contributed by atoms with Crippen molar-refractivity contribution in [1.29, 1.82) is 0 Å². The molecule has 3 heterocycles. The molecule has 0 unspecified atom stereocenters. The molecule has 33 heavy (non-hydrogen) atoms. The number of ether oxygens (including phenoxy) is 1. The topological polar surface area (TPSA) is 71.5 Å². The van der Waals surface area contributed by atoms with E-state index in [0.717, 1.165) is 24.0 Å². The minimum absolute atomic E-state index is 0.0161. The van der Waals surface area contributed by atoms with Gasteiger partial charge in [-0.15, -0.1) is 0 Å². The van der Waals surface area contributed by atoms with Crippen molar-refractivity contribution in [2.45, 2.75) is 18.8 Å². The van der Waals surface area contributed by atoms with E-state index >= 15 is 0 Å². The van der Waals surface area contributed by atoms with E-state index in [1.165, 1.54) is 12.3 Å². The van der Waals surface area contributed by atoms with Crippen molar-refractivity contribution in [3.63, 3.8) is 0 Å². The number of rotatable bonds is 4. The fraction of sp³-hybridized carbons (Fsp3) is 0.269. The van der Waals surface area contributed by atoms with Crippen LogP contribution < -0.4 is 10.1 Å². The minimum atomic E-state index is -0.482. The lowest BCUT2D eigenvalue weighted by atomic mass is 9.76. The van der Waals surface area contributed by atoms with Gasteiger partial charge >= 0.3 is 0 Å². The number of amides is 2. The lowest BCUT2D eigenvalue weighted by Crippen LogP contribution is -2.40. The summed E-state index contributed by atoms with van der Waals surface area (Å²) < 4.78 is 19.3. The second kappa shape index (κ2) is 9.02. The summed E-state index contributed by atoms with van der Waals surface area (Å²) in [6, 6.07) is 18.6. The van der Waals surface area contributed by atoms with Crippen molar-refractivity contribution in [2.75, 3.05) is 25.0 Å². The highest BCUT2D eigenvalue weighted by Crippen LogP contribution is 2.38. The number of likely N-dealkylation sites (tertiary alicyclic amines) is 1. The normalized spacial score (nSPS) is 17.0. The third-order valence-electron chi connectivity index (χ3n) is 6.43. The predicted molar refractivity (Wildman–Crippen MR) is 122 cm³/mol. The molecule has 0 saturated carbocycles. The van der Waals surface area contributed by atoms with Crippen LogP contribution >= 0.6 is 0 Å². The van der Waals surface area contributed by atoms with Gasteiger partial charge in [-0.2, -0.15) is 4.39 Å². The van der Waals surface area contributed by atoms with Gasteiger partial charge in [0.1, 0.15) is 5.75 Å². The van der Waals surface area contributed by atoms with Gasteiger partial charge in [0.25, 0.3) is 11.8 Å². The van der Waals surface area contributed by atoms with E-state index in [0.29, 0.717) is 30.1 Å². The van der Waals surface area contributed by atoms with Gasteiger partial charge in [0.15, 0.2) is 6.61 Å². The van der Waals surface area contributed by atoms with Gasteiger partial charge < -0.3 is 15.0 Å². The van der Waals surface area contributed by atoms with Crippen LogP contribution in [0.15, 0.2) is 66.9 Å². The summed E-state index contributed by atoms with van der Waals surface area (Å²) in [7, 11) is 0. The molecule has 1 saturated heterocycles. The molecule has 1 aromatic heterocycles.